The van der Waals surface area contributed by atoms with Gasteiger partial charge in [-0.3, -0.25) is 0 Å². The SMILES string of the molecule is C#CCCCNc1ncc(Cl)c(C(=O)O)n1. The van der Waals surface area contributed by atoms with E-state index in [1.807, 2.05) is 0 Å². The first kappa shape index (κ1) is 12.3. The number of rotatable bonds is 5. The lowest BCUT2D eigenvalue weighted by Gasteiger charge is -2.04. The van der Waals surface area contributed by atoms with Crippen molar-refractivity contribution in [2.75, 3.05) is 11.9 Å². The van der Waals surface area contributed by atoms with Crippen molar-refractivity contribution in [2.24, 2.45) is 0 Å². The Bertz CT molecular complexity index is 429. The van der Waals surface area contributed by atoms with Gasteiger partial charge in [0.15, 0.2) is 5.69 Å². The molecule has 0 aliphatic heterocycles. The average Bonchev–Trinajstić information content (AvgIpc) is 2.26. The van der Waals surface area contributed by atoms with Gasteiger partial charge in [0, 0.05) is 13.0 Å². The van der Waals surface area contributed by atoms with Crippen LogP contribution in [0.2, 0.25) is 5.02 Å². The topological polar surface area (TPSA) is 75.1 Å². The first-order valence-corrected chi connectivity index (χ1v) is 4.96. The number of nitrogens with zero attached hydrogens (tertiary/aromatic N) is 2. The normalized spacial score (nSPS) is 9.50. The van der Waals surface area contributed by atoms with Crippen molar-refractivity contribution in [3.63, 3.8) is 0 Å². The van der Waals surface area contributed by atoms with Crippen molar-refractivity contribution in [2.45, 2.75) is 12.8 Å². The maximum Gasteiger partial charge on any atom is 0.356 e. The highest BCUT2D eigenvalue weighted by atomic mass is 35.5. The molecule has 84 valence electrons. The Labute approximate surface area is 97.9 Å². The molecule has 6 heteroatoms. The summed E-state index contributed by atoms with van der Waals surface area (Å²) in [6.45, 7) is 0.588. The number of carboxylic acids is 1. The molecule has 0 radical (unpaired) electrons. The maximum absolute atomic E-state index is 10.7. The summed E-state index contributed by atoms with van der Waals surface area (Å²) in [6, 6.07) is 0. The summed E-state index contributed by atoms with van der Waals surface area (Å²) >= 11 is 5.61. The summed E-state index contributed by atoms with van der Waals surface area (Å²) in [6.07, 6.45) is 7.75. The van der Waals surface area contributed by atoms with Crippen LogP contribution in [-0.2, 0) is 0 Å². The Morgan fingerprint density at radius 3 is 3.06 bits per heavy atom. The molecule has 16 heavy (non-hydrogen) atoms. The maximum atomic E-state index is 10.7. The van der Waals surface area contributed by atoms with E-state index < -0.39 is 5.97 Å². The van der Waals surface area contributed by atoms with Crippen molar-refractivity contribution in [1.82, 2.24) is 9.97 Å². The average molecular weight is 240 g/mol. The van der Waals surface area contributed by atoms with Crippen LogP contribution in [0.25, 0.3) is 0 Å². The summed E-state index contributed by atoms with van der Waals surface area (Å²) < 4.78 is 0. The standard InChI is InChI=1S/C10H10ClN3O2/c1-2-3-4-5-12-10-13-6-7(11)8(14-10)9(15)16/h1,6H,3-5H2,(H,15,16)(H,12,13,14). The van der Waals surface area contributed by atoms with Crippen molar-refractivity contribution in [3.05, 3.63) is 16.9 Å². The highest BCUT2D eigenvalue weighted by Crippen LogP contribution is 2.13. The fourth-order valence-corrected chi connectivity index (χ4v) is 1.16. The van der Waals surface area contributed by atoms with E-state index in [0.717, 1.165) is 6.42 Å². The molecule has 1 aromatic heterocycles. The third-order valence-electron chi connectivity index (χ3n) is 1.73. The first-order valence-electron chi connectivity index (χ1n) is 4.58. The Hall–Kier alpha value is -1.80. The smallest absolute Gasteiger partial charge is 0.356 e. The van der Waals surface area contributed by atoms with E-state index in [1.54, 1.807) is 0 Å². The number of hydrogen-bond donors (Lipinski definition) is 2. The van der Waals surface area contributed by atoms with Gasteiger partial charge in [-0.1, -0.05) is 11.6 Å². The lowest BCUT2D eigenvalue weighted by molar-refractivity contribution is 0.0690. The number of nitrogens with one attached hydrogen (secondary N) is 1. The molecule has 2 N–H and O–H groups in total. The van der Waals surface area contributed by atoms with Gasteiger partial charge in [0.2, 0.25) is 5.95 Å². The van der Waals surface area contributed by atoms with Crippen LogP contribution < -0.4 is 5.32 Å². The molecule has 0 aliphatic carbocycles. The van der Waals surface area contributed by atoms with Crippen LogP contribution in [-0.4, -0.2) is 27.6 Å². The zero-order chi connectivity index (χ0) is 12.0. The molecule has 5 nitrogen and oxygen atoms in total. The fraction of sp³-hybridized carbons (Fsp3) is 0.300. The minimum absolute atomic E-state index is 0.0154. The Morgan fingerprint density at radius 1 is 1.69 bits per heavy atom. The van der Waals surface area contributed by atoms with Crippen molar-refractivity contribution in [1.29, 1.82) is 0 Å². The predicted octanol–water partition coefficient (Wildman–Crippen LogP) is 1.65. The van der Waals surface area contributed by atoms with Crippen LogP contribution in [0.4, 0.5) is 5.95 Å². The van der Waals surface area contributed by atoms with E-state index in [1.165, 1.54) is 6.20 Å². The van der Waals surface area contributed by atoms with Crippen LogP contribution in [0.1, 0.15) is 23.3 Å². The zero-order valence-electron chi connectivity index (χ0n) is 8.40. The van der Waals surface area contributed by atoms with Gasteiger partial charge in [0.25, 0.3) is 0 Å². The number of aromatic nitrogens is 2. The number of carboxylic acid groups (broad SMARTS) is 1. The Kier molecular flexibility index (Phi) is 4.55. The Morgan fingerprint density at radius 2 is 2.44 bits per heavy atom. The largest absolute Gasteiger partial charge is 0.476 e. The van der Waals surface area contributed by atoms with E-state index in [4.69, 9.17) is 23.1 Å². The fourth-order valence-electron chi connectivity index (χ4n) is 0.993. The molecule has 0 bridgehead atoms. The molecule has 0 fully saturated rings. The van der Waals surface area contributed by atoms with E-state index >= 15 is 0 Å². The molecule has 0 atom stereocenters. The molecular formula is C10H10ClN3O2. The molecule has 0 aromatic carbocycles. The highest BCUT2D eigenvalue weighted by Gasteiger charge is 2.11. The molecular weight excluding hydrogens is 230 g/mol. The predicted molar refractivity (Wildman–Crippen MR) is 60.6 cm³/mol. The lowest BCUT2D eigenvalue weighted by atomic mass is 10.3. The molecule has 0 unspecified atom stereocenters. The van der Waals surface area contributed by atoms with Crippen LogP contribution >= 0.6 is 11.6 Å². The van der Waals surface area contributed by atoms with Gasteiger partial charge >= 0.3 is 5.97 Å². The van der Waals surface area contributed by atoms with Gasteiger partial charge in [0.05, 0.1) is 11.2 Å². The van der Waals surface area contributed by atoms with Gasteiger partial charge in [-0.2, -0.15) is 0 Å². The lowest BCUT2D eigenvalue weighted by Crippen LogP contribution is -2.09. The van der Waals surface area contributed by atoms with E-state index in [2.05, 4.69) is 21.2 Å². The van der Waals surface area contributed by atoms with Gasteiger partial charge < -0.3 is 10.4 Å². The molecule has 1 heterocycles. The van der Waals surface area contributed by atoms with Crippen LogP contribution in [0.5, 0.6) is 0 Å². The number of carbonyl (C=O) groups is 1. The van der Waals surface area contributed by atoms with Gasteiger partial charge in [0.1, 0.15) is 0 Å². The Balaban J connectivity index is 2.65. The molecule has 0 amide bonds. The minimum Gasteiger partial charge on any atom is -0.476 e. The third-order valence-corrected chi connectivity index (χ3v) is 2.00. The second kappa shape index (κ2) is 5.93. The number of halogens is 1. The minimum atomic E-state index is -1.18. The summed E-state index contributed by atoms with van der Waals surface area (Å²) in [4.78, 5) is 18.3. The van der Waals surface area contributed by atoms with E-state index in [-0.39, 0.29) is 16.7 Å². The summed E-state index contributed by atoms with van der Waals surface area (Å²) in [5, 5.41) is 11.6. The summed E-state index contributed by atoms with van der Waals surface area (Å²) in [5.41, 5.74) is -0.212. The van der Waals surface area contributed by atoms with Crippen LogP contribution in [0.3, 0.4) is 0 Å². The van der Waals surface area contributed by atoms with Crippen LogP contribution in [0, 0.1) is 12.3 Å². The number of hydrogen-bond acceptors (Lipinski definition) is 4. The highest BCUT2D eigenvalue weighted by molar-refractivity contribution is 6.33. The number of terminal acetylenes is 1. The molecule has 1 rings (SSSR count). The summed E-state index contributed by atoms with van der Waals surface area (Å²) in [7, 11) is 0. The molecule has 0 saturated heterocycles. The number of unbranched alkanes of at least 4 members (excludes halogenated alkanes) is 1. The summed E-state index contributed by atoms with van der Waals surface area (Å²) in [5.74, 6) is 1.55. The molecule has 1 aromatic rings. The van der Waals surface area contributed by atoms with E-state index in [9.17, 15) is 4.79 Å². The first-order chi connectivity index (χ1) is 7.65. The van der Waals surface area contributed by atoms with Gasteiger partial charge in [-0.15, -0.1) is 12.3 Å². The number of aromatic carboxylic acids is 1. The van der Waals surface area contributed by atoms with Crippen molar-refractivity contribution >= 4 is 23.5 Å². The number of anilines is 1. The second-order valence-corrected chi connectivity index (χ2v) is 3.34. The quantitative estimate of drug-likeness (QED) is 0.604. The van der Waals surface area contributed by atoms with E-state index in [0.29, 0.717) is 13.0 Å². The molecule has 0 saturated carbocycles. The van der Waals surface area contributed by atoms with Gasteiger partial charge in [-0.05, 0) is 6.42 Å². The van der Waals surface area contributed by atoms with Crippen LogP contribution in [0.15, 0.2) is 6.20 Å². The van der Waals surface area contributed by atoms with Crippen molar-refractivity contribution < 1.29 is 9.90 Å². The zero-order valence-corrected chi connectivity index (χ0v) is 9.16. The molecule has 0 aliphatic rings. The van der Waals surface area contributed by atoms with Crippen molar-refractivity contribution in [3.8, 4) is 12.3 Å². The molecule has 0 spiro atoms. The van der Waals surface area contributed by atoms with Gasteiger partial charge in [-0.25, -0.2) is 14.8 Å². The third kappa shape index (κ3) is 3.41. The second-order valence-electron chi connectivity index (χ2n) is 2.93. The monoisotopic (exact) mass is 239 g/mol.